The van der Waals surface area contributed by atoms with Gasteiger partial charge in [-0.25, -0.2) is 4.99 Å². The molecule has 0 saturated carbocycles. The van der Waals surface area contributed by atoms with E-state index in [1.54, 1.807) is 32.3 Å². The molecule has 1 amide bonds. The van der Waals surface area contributed by atoms with E-state index < -0.39 is 0 Å². The van der Waals surface area contributed by atoms with Gasteiger partial charge in [-0.05, 0) is 104 Å². The summed E-state index contributed by atoms with van der Waals surface area (Å²) >= 11 is 1.33. The number of ether oxygens (including phenoxy) is 3. The van der Waals surface area contributed by atoms with Crippen molar-refractivity contribution in [1.29, 1.82) is 0 Å². The van der Waals surface area contributed by atoms with Gasteiger partial charge in [-0.1, -0.05) is 12.1 Å². The first kappa shape index (κ1) is 25.4. The molecular weight excluding hydrogens is 472 g/mol. The van der Waals surface area contributed by atoms with Crippen molar-refractivity contribution in [3.05, 3.63) is 81.3 Å². The molecule has 4 rings (SSSR count). The number of rotatable bonds is 6. The minimum atomic E-state index is -0.150. The van der Waals surface area contributed by atoms with E-state index in [-0.39, 0.29) is 5.91 Å². The van der Waals surface area contributed by atoms with Gasteiger partial charge in [0.15, 0.2) is 16.7 Å². The third-order valence-corrected chi connectivity index (χ3v) is 7.26. The number of aliphatic imine (C=N–C) groups is 1. The minimum absolute atomic E-state index is 0.150. The standard InChI is InChI=1S/C29H30N2O4S/c1-17-8-11-22(14-19(17)3)30-29-31(23-12-9-18(2)20(4)15-23)28(32)25(36-29)16-21-10-13-24(33-5)27(35-7)26(21)34-6/h8-16H,1-7H3/b25-16-,30-29?. The maximum absolute atomic E-state index is 13.8. The van der Waals surface area contributed by atoms with E-state index in [0.717, 1.165) is 28.1 Å². The van der Waals surface area contributed by atoms with Gasteiger partial charge in [0.05, 0.1) is 37.6 Å². The van der Waals surface area contributed by atoms with Crippen LogP contribution in [0.1, 0.15) is 27.8 Å². The number of hydrogen-bond donors (Lipinski definition) is 0. The zero-order chi connectivity index (χ0) is 26.0. The van der Waals surface area contributed by atoms with Gasteiger partial charge in [0.2, 0.25) is 5.75 Å². The van der Waals surface area contributed by atoms with Crippen LogP contribution in [-0.4, -0.2) is 32.4 Å². The predicted octanol–water partition coefficient (Wildman–Crippen LogP) is 6.75. The molecule has 0 spiro atoms. The normalized spacial score (nSPS) is 15.6. The summed E-state index contributed by atoms with van der Waals surface area (Å²) in [7, 11) is 4.70. The minimum Gasteiger partial charge on any atom is -0.493 e. The molecule has 1 saturated heterocycles. The van der Waals surface area contributed by atoms with Crippen LogP contribution >= 0.6 is 11.8 Å². The number of methoxy groups -OCH3 is 3. The van der Waals surface area contributed by atoms with Gasteiger partial charge >= 0.3 is 0 Å². The summed E-state index contributed by atoms with van der Waals surface area (Å²) in [5.41, 5.74) is 6.90. The summed E-state index contributed by atoms with van der Waals surface area (Å²) in [4.78, 5) is 20.8. The molecule has 0 aliphatic carbocycles. The first-order valence-corrected chi connectivity index (χ1v) is 12.3. The van der Waals surface area contributed by atoms with Crippen LogP contribution in [-0.2, 0) is 4.79 Å². The summed E-state index contributed by atoms with van der Waals surface area (Å²) in [6.45, 7) is 8.22. The van der Waals surface area contributed by atoms with Gasteiger partial charge < -0.3 is 14.2 Å². The smallest absolute Gasteiger partial charge is 0.271 e. The molecule has 36 heavy (non-hydrogen) atoms. The monoisotopic (exact) mass is 502 g/mol. The number of carbonyl (C=O) groups excluding carboxylic acids is 1. The van der Waals surface area contributed by atoms with Crippen molar-refractivity contribution < 1.29 is 19.0 Å². The lowest BCUT2D eigenvalue weighted by Gasteiger charge is -2.17. The Morgan fingerprint density at radius 3 is 2.06 bits per heavy atom. The third kappa shape index (κ3) is 4.84. The topological polar surface area (TPSA) is 60.4 Å². The van der Waals surface area contributed by atoms with E-state index in [1.807, 2.05) is 55.5 Å². The summed E-state index contributed by atoms with van der Waals surface area (Å²) in [6.07, 6.45) is 1.81. The second-order valence-electron chi connectivity index (χ2n) is 8.61. The Hall–Kier alpha value is -3.71. The zero-order valence-corrected chi connectivity index (χ0v) is 22.4. The Morgan fingerprint density at radius 1 is 0.778 bits per heavy atom. The van der Waals surface area contributed by atoms with Crippen LogP contribution in [0, 0.1) is 27.7 Å². The van der Waals surface area contributed by atoms with Crippen molar-refractivity contribution in [2.24, 2.45) is 4.99 Å². The highest BCUT2D eigenvalue weighted by Crippen LogP contribution is 2.43. The molecule has 186 valence electrons. The quantitative estimate of drug-likeness (QED) is 0.349. The Bertz CT molecular complexity index is 1390. The van der Waals surface area contributed by atoms with Gasteiger partial charge in [0, 0.05) is 5.56 Å². The van der Waals surface area contributed by atoms with Crippen molar-refractivity contribution in [3.63, 3.8) is 0 Å². The molecule has 3 aromatic carbocycles. The number of amidine groups is 1. The zero-order valence-electron chi connectivity index (χ0n) is 21.6. The lowest BCUT2D eigenvalue weighted by atomic mass is 10.1. The fourth-order valence-electron chi connectivity index (χ4n) is 3.93. The molecule has 7 heteroatoms. The number of benzene rings is 3. The Balaban J connectivity index is 1.84. The largest absolute Gasteiger partial charge is 0.493 e. The van der Waals surface area contributed by atoms with E-state index in [0.29, 0.717) is 32.9 Å². The van der Waals surface area contributed by atoms with Crippen LogP contribution in [0.25, 0.3) is 6.08 Å². The molecule has 6 nitrogen and oxygen atoms in total. The first-order chi connectivity index (χ1) is 17.3. The molecule has 1 fully saturated rings. The Morgan fingerprint density at radius 2 is 1.44 bits per heavy atom. The van der Waals surface area contributed by atoms with Gasteiger partial charge in [0.1, 0.15) is 0 Å². The third-order valence-electron chi connectivity index (χ3n) is 6.29. The predicted molar refractivity (Wildman–Crippen MR) is 148 cm³/mol. The van der Waals surface area contributed by atoms with Crippen molar-refractivity contribution in [2.75, 3.05) is 26.2 Å². The number of anilines is 1. The molecule has 1 aliphatic rings. The molecule has 0 atom stereocenters. The van der Waals surface area contributed by atoms with Crippen LogP contribution in [0.5, 0.6) is 17.2 Å². The average Bonchev–Trinajstić information content (AvgIpc) is 3.16. The van der Waals surface area contributed by atoms with Gasteiger partial charge in [-0.15, -0.1) is 0 Å². The number of thioether (sulfide) groups is 1. The molecule has 0 radical (unpaired) electrons. The highest BCUT2D eigenvalue weighted by molar-refractivity contribution is 8.19. The summed E-state index contributed by atoms with van der Waals surface area (Å²) in [5, 5.41) is 0.595. The highest BCUT2D eigenvalue weighted by Gasteiger charge is 2.35. The van der Waals surface area contributed by atoms with E-state index in [4.69, 9.17) is 19.2 Å². The van der Waals surface area contributed by atoms with Crippen LogP contribution in [0.3, 0.4) is 0 Å². The molecule has 1 heterocycles. The number of amides is 1. The van der Waals surface area contributed by atoms with Crippen molar-refractivity contribution in [1.82, 2.24) is 0 Å². The number of carbonyl (C=O) groups is 1. The molecular formula is C29H30N2O4S. The van der Waals surface area contributed by atoms with Gasteiger partial charge in [0.25, 0.3) is 5.91 Å². The lowest BCUT2D eigenvalue weighted by molar-refractivity contribution is -0.113. The fourth-order valence-corrected chi connectivity index (χ4v) is 4.92. The molecule has 0 bridgehead atoms. The van der Waals surface area contributed by atoms with Crippen molar-refractivity contribution in [3.8, 4) is 17.2 Å². The molecule has 0 N–H and O–H groups in total. The van der Waals surface area contributed by atoms with Crippen LogP contribution in [0.4, 0.5) is 11.4 Å². The SMILES string of the molecule is COc1ccc(/C=C2\SC(=Nc3ccc(C)c(C)c3)N(c3ccc(C)c(C)c3)C2=O)c(OC)c1OC. The van der Waals surface area contributed by atoms with Gasteiger partial charge in [-0.2, -0.15) is 0 Å². The van der Waals surface area contributed by atoms with Crippen molar-refractivity contribution in [2.45, 2.75) is 27.7 Å². The Labute approximate surface area is 216 Å². The van der Waals surface area contributed by atoms with E-state index in [9.17, 15) is 4.79 Å². The number of aryl methyl sites for hydroxylation is 4. The summed E-state index contributed by atoms with van der Waals surface area (Å²) in [6, 6.07) is 15.7. The lowest BCUT2D eigenvalue weighted by Crippen LogP contribution is -2.28. The average molecular weight is 503 g/mol. The van der Waals surface area contributed by atoms with Crippen LogP contribution in [0.15, 0.2) is 58.4 Å². The second kappa shape index (κ2) is 10.5. The van der Waals surface area contributed by atoms with Crippen molar-refractivity contribution >= 4 is 40.3 Å². The molecule has 1 aliphatic heterocycles. The first-order valence-electron chi connectivity index (χ1n) is 11.5. The number of nitrogens with zero attached hydrogens (tertiary/aromatic N) is 2. The summed E-state index contributed by atoms with van der Waals surface area (Å²) < 4.78 is 16.5. The Kier molecular flexibility index (Phi) is 7.40. The van der Waals surface area contributed by atoms with Crippen LogP contribution in [0.2, 0.25) is 0 Å². The molecule has 0 unspecified atom stereocenters. The van der Waals surface area contributed by atoms with Crippen LogP contribution < -0.4 is 19.1 Å². The maximum Gasteiger partial charge on any atom is 0.271 e. The fraction of sp³-hybridized carbons (Fsp3) is 0.241. The molecule has 0 aromatic heterocycles. The summed E-state index contributed by atoms with van der Waals surface area (Å²) in [5.74, 6) is 1.37. The highest BCUT2D eigenvalue weighted by atomic mass is 32.2. The van der Waals surface area contributed by atoms with E-state index >= 15 is 0 Å². The number of hydrogen-bond acceptors (Lipinski definition) is 6. The van der Waals surface area contributed by atoms with E-state index in [2.05, 4.69) is 20.8 Å². The molecule has 3 aromatic rings. The van der Waals surface area contributed by atoms with E-state index in [1.165, 1.54) is 17.3 Å². The maximum atomic E-state index is 13.8. The van der Waals surface area contributed by atoms with Gasteiger partial charge in [-0.3, -0.25) is 9.69 Å². The second-order valence-corrected chi connectivity index (χ2v) is 9.62.